The summed E-state index contributed by atoms with van der Waals surface area (Å²) in [4.78, 5) is 33.1. The maximum absolute atomic E-state index is 13.4. The topological polar surface area (TPSA) is 65.5 Å². The van der Waals surface area contributed by atoms with Crippen LogP contribution < -0.4 is 10.2 Å². The number of carbonyl (C=O) groups is 2. The van der Waals surface area contributed by atoms with Crippen molar-refractivity contribution in [3.63, 3.8) is 0 Å². The Hall–Kier alpha value is -3.72. The second kappa shape index (κ2) is 9.83. The second-order valence-electron chi connectivity index (χ2n) is 7.51. The van der Waals surface area contributed by atoms with Gasteiger partial charge >= 0.3 is 0 Å². The van der Waals surface area contributed by atoms with E-state index < -0.39 is 23.6 Å². The Balaban J connectivity index is 1.55. The van der Waals surface area contributed by atoms with Crippen molar-refractivity contribution in [2.75, 3.05) is 16.8 Å². The SMILES string of the molecule is O=C(C[C@@H]1C(=O)N(c2ccc(F)cc2)C(=S)N1CCc1ccncc1)Nc1ccc(F)cc1. The number of hydrogen-bond donors (Lipinski definition) is 1. The van der Waals surface area contributed by atoms with Gasteiger partial charge in [-0.25, -0.2) is 8.78 Å². The van der Waals surface area contributed by atoms with Crippen molar-refractivity contribution in [1.82, 2.24) is 9.88 Å². The number of nitrogens with zero attached hydrogens (tertiary/aromatic N) is 3. The molecular formula is C24H20F2N4O2S. The third kappa shape index (κ3) is 5.20. The fourth-order valence-corrected chi connectivity index (χ4v) is 4.05. The van der Waals surface area contributed by atoms with Crippen LogP contribution in [0, 0.1) is 11.6 Å². The maximum atomic E-state index is 13.4. The molecule has 1 aromatic heterocycles. The lowest BCUT2D eigenvalue weighted by molar-refractivity contribution is -0.124. The first kappa shape index (κ1) is 22.5. The number of aromatic nitrogens is 1. The van der Waals surface area contributed by atoms with Crippen LogP contribution in [-0.2, 0) is 16.0 Å². The van der Waals surface area contributed by atoms with E-state index in [1.165, 1.54) is 53.4 Å². The Labute approximate surface area is 194 Å². The van der Waals surface area contributed by atoms with Gasteiger partial charge in [-0.15, -0.1) is 0 Å². The summed E-state index contributed by atoms with van der Waals surface area (Å²) in [5, 5.41) is 2.93. The fourth-order valence-electron chi connectivity index (χ4n) is 3.64. The predicted molar refractivity (Wildman–Crippen MR) is 125 cm³/mol. The smallest absolute Gasteiger partial charge is 0.256 e. The van der Waals surface area contributed by atoms with Crippen LogP contribution in [0.4, 0.5) is 20.2 Å². The monoisotopic (exact) mass is 466 g/mol. The standard InChI is InChI=1S/C24H20F2N4O2S/c25-17-1-5-19(6-2-17)28-22(31)15-21-23(32)30(20-7-3-18(26)4-8-20)24(33)29(21)14-11-16-9-12-27-13-10-16/h1-10,12-13,21H,11,14-15H2,(H,28,31)/t21-/m1/s1. The fraction of sp³-hybridized carbons (Fsp3) is 0.167. The molecule has 2 amide bonds. The molecule has 1 N–H and O–H groups in total. The van der Waals surface area contributed by atoms with Gasteiger partial charge in [0.1, 0.15) is 17.7 Å². The highest BCUT2D eigenvalue weighted by atomic mass is 32.1. The first-order chi connectivity index (χ1) is 15.9. The molecule has 0 spiro atoms. The van der Waals surface area contributed by atoms with Crippen molar-refractivity contribution in [2.24, 2.45) is 0 Å². The molecule has 6 nitrogen and oxygen atoms in total. The summed E-state index contributed by atoms with van der Waals surface area (Å²) in [6.45, 7) is 0.404. The van der Waals surface area contributed by atoms with Crippen molar-refractivity contribution in [1.29, 1.82) is 0 Å². The summed E-state index contributed by atoms with van der Waals surface area (Å²) in [5.41, 5.74) is 1.87. The van der Waals surface area contributed by atoms with Crippen LogP contribution in [0.2, 0.25) is 0 Å². The predicted octanol–water partition coefficient (Wildman–Crippen LogP) is 3.93. The normalized spacial score (nSPS) is 15.8. The van der Waals surface area contributed by atoms with Crippen molar-refractivity contribution in [3.8, 4) is 0 Å². The van der Waals surface area contributed by atoms with Crippen LogP contribution in [0.1, 0.15) is 12.0 Å². The number of benzene rings is 2. The maximum Gasteiger partial charge on any atom is 0.256 e. The van der Waals surface area contributed by atoms with Crippen LogP contribution in [0.25, 0.3) is 0 Å². The van der Waals surface area contributed by atoms with E-state index in [2.05, 4.69) is 10.3 Å². The Morgan fingerprint density at radius 2 is 1.58 bits per heavy atom. The summed E-state index contributed by atoms with van der Waals surface area (Å²) >= 11 is 5.59. The van der Waals surface area contributed by atoms with Gasteiger partial charge in [-0.3, -0.25) is 19.5 Å². The Morgan fingerprint density at radius 3 is 2.21 bits per heavy atom. The van der Waals surface area contributed by atoms with Crippen molar-refractivity contribution in [3.05, 3.63) is 90.3 Å². The van der Waals surface area contributed by atoms with Gasteiger partial charge in [0.2, 0.25) is 5.91 Å². The Kier molecular flexibility index (Phi) is 6.69. The zero-order chi connectivity index (χ0) is 23.4. The first-order valence-electron chi connectivity index (χ1n) is 10.3. The molecule has 0 bridgehead atoms. The third-order valence-electron chi connectivity index (χ3n) is 5.30. The number of nitrogens with one attached hydrogen (secondary N) is 1. The number of rotatable bonds is 7. The van der Waals surface area contributed by atoms with Crippen LogP contribution in [0.3, 0.4) is 0 Å². The molecule has 0 aliphatic carbocycles. The highest BCUT2D eigenvalue weighted by Gasteiger charge is 2.43. The molecule has 33 heavy (non-hydrogen) atoms. The first-order valence-corrected chi connectivity index (χ1v) is 10.7. The molecule has 1 atom stereocenters. The van der Waals surface area contributed by atoms with Gasteiger partial charge in [-0.1, -0.05) is 0 Å². The second-order valence-corrected chi connectivity index (χ2v) is 7.87. The molecule has 168 valence electrons. The molecule has 2 heterocycles. The van der Waals surface area contributed by atoms with Crippen molar-refractivity contribution in [2.45, 2.75) is 18.9 Å². The van der Waals surface area contributed by atoms with E-state index >= 15 is 0 Å². The summed E-state index contributed by atoms with van der Waals surface area (Å²) in [6, 6.07) is 13.7. The van der Waals surface area contributed by atoms with Gasteiger partial charge in [0, 0.05) is 24.6 Å². The van der Waals surface area contributed by atoms with E-state index in [9.17, 15) is 18.4 Å². The molecule has 9 heteroatoms. The highest BCUT2D eigenvalue weighted by Crippen LogP contribution is 2.28. The molecule has 1 fully saturated rings. The molecule has 1 saturated heterocycles. The van der Waals surface area contributed by atoms with Crippen LogP contribution >= 0.6 is 12.2 Å². The van der Waals surface area contributed by atoms with E-state index in [1.54, 1.807) is 17.3 Å². The molecule has 2 aromatic carbocycles. The van der Waals surface area contributed by atoms with E-state index in [-0.39, 0.29) is 17.4 Å². The molecule has 1 aliphatic heterocycles. The molecular weight excluding hydrogens is 446 g/mol. The minimum atomic E-state index is -0.829. The lowest BCUT2D eigenvalue weighted by atomic mass is 10.1. The molecule has 4 rings (SSSR count). The van der Waals surface area contributed by atoms with Gasteiger partial charge in [-0.2, -0.15) is 0 Å². The van der Waals surface area contributed by atoms with Gasteiger partial charge in [0.15, 0.2) is 5.11 Å². The van der Waals surface area contributed by atoms with Crippen LogP contribution in [-0.4, -0.2) is 39.4 Å². The van der Waals surface area contributed by atoms with E-state index in [1.807, 2.05) is 12.1 Å². The molecule has 0 saturated carbocycles. The average molecular weight is 467 g/mol. The minimum absolute atomic E-state index is 0.148. The van der Waals surface area contributed by atoms with Crippen molar-refractivity contribution < 1.29 is 18.4 Å². The third-order valence-corrected chi connectivity index (χ3v) is 5.72. The highest BCUT2D eigenvalue weighted by molar-refractivity contribution is 7.80. The average Bonchev–Trinajstić information content (AvgIpc) is 3.04. The van der Waals surface area contributed by atoms with Crippen LogP contribution in [0.15, 0.2) is 73.1 Å². The zero-order valence-corrected chi connectivity index (χ0v) is 18.3. The van der Waals surface area contributed by atoms with E-state index in [0.29, 0.717) is 24.3 Å². The number of thiocarbonyl (C=S) groups is 1. The number of pyridine rings is 1. The summed E-state index contributed by atoms with van der Waals surface area (Å²) < 4.78 is 26.5. The Morgan fingerprint density at radius 1 is 0.970 bits per heavy atom. The molecule has 0 unspecified atom stereocenters. The number of amides is 2. The number of halogens is 2. The van der Waals surface area contributed by atoms with Gasteiger partial charge in [-0.05, 0) is 84.9 Å². The lowest BCUT2D eigenvalue weighted by Gasteiger charge is -2.24. The summed E-state index contributed by atoms with van der Waals surface area (Å²) in [5.74, 6) is -1.61. The number of hydrogen-bond acceptors (Lipinski definition) is 4. The van der Waals surface area contributed by atoms with E-state index in [0.717, 1.165) is 5.56 Å². The molecule has 3 aromatic rings. The molecule has 0 radical (unpaired) electrons. The Bertz CT molecular complexity index is 1160. The quantitative estimate of drug-likeness (QED) is 0.535. The largest absolute Gasteiger partial charge is 0.336 e. The minimum Gasteiger partial charge on any atom is -0.336 e. The summed E-state index contributed by atoms with van der Waals surface area (Å²) in [7, 11) is 0. The van der Waals surface area contributed by atoms with Crippen LogP contribution in [0.5, 0.6) is 0 Å². The summed E-state index contributed by atoms with van der Waals surface area (Å²) in [6.07, 6.45) is 3.80. The number of anilines is 2. The van der Waals surface area contributed by atoms with E-state index in [4.69, 9.17) is 12.2 Å². The van der Waals surface area contributed by atoms with Crippen molar-refractivity contribution >= 4 is 40.5 Å². The van der Waals surface area contributed by atoms with Gasteiger partial charge in [0.05, 0.1) is 12.1 Å². The number of carbonyl (C=O) groups excluding carboxylic acids is 2. The molecule has 1 aliphatic rings. The van der Waals surface area contributed by atoms with Gasteiger partial charge in [0.25, 0.3) is 5.91 Å². The lowest BCUT2D eigenvalue weighted by Crippen LogP contribution is -2.39. The zero-order valence-electron chi connectivity index (χ0n) is 17.4. The van der Waals surface area contributed by atoms with Gasteiger partial charge < -0.3 is 10.2 Å².